The second-order valence-electron chi connectivity index (χ2n) is 5.55. The zero-order chi connectivity index (χ0) is 17.4. The SMILES string of the molecule is C=C/C(NN)=C(/N)COc1ccc(-c2ccc(CCC)cc2)cc1. The second-order valence-corrected chi connectivity index (χ2v) is 5.55. The lowest BCUT2D eigenvalue weighted by Gasteiger charge is -2.10. The first kappa shape index (κ1) is 17.6. The molecular weight excluding hydrogens is 298 g/mol. The van der Waals surface area contributed by atoms with Gasteiger partial charge in [0.05, 0.1) is 11.4 Å². The third-order valence-electron chi connectivity index (χ3n) is 3.78. The predicted octanol–water partition coefficient (Wildman–Crippen LogP) is 3.50. The van der Waals surface area contributed by atoms with Gasteiger partial charge in [-0.1, -0.05) is 56.3 Å². The van der Waals surface area contributed by atoms with Crippen LogP contribution in [0.5, 0.6) is 5.75 Å². The van der Waals surface area contributed by atoms with Crippen LogP contribution in [0.3, 0.4) is 0 Å². The van der Waals surface area contributed by atoms with Crippen LogP contribution >= 0.6 is 0 Å². The number of ether oxygens (including phenoxy) is 1. The molecule has 0 fully saturated rings. The van der Waals surface area contributed by atoms with Crippen LogP contribution < -0.4 is 21.7 Å². The van der Waals surface area contributed by atoms with Crippen molar-refractivity contribution in [3.8, 4) is 16.9 Å². The van der Waals surface area contributed by atoms with Crippen molar-refractivity contribution in [2.75, 3.05) is 6.61 Å². The van der Waals surface area contributed by atoms with E-state index in [1.165, 1.54) is 11.1 Å². The molecule has 2 rings (SSSR count). The Balaban J connectivity index is 2.02. The summed E-state index contributed by atoms with van der Waals surface area (Å²) in [4.78, 5) is 0. The van der Waals surface area contributed by atoms with Crippen LogP contribution in [0, 0.1) is 0 Å². The molecule has 0 amide bonds. The minimum absolute atomic E-state index is 0.247. The molecule has 0 heterocycles. The highest BCUT2D eigenvalue weighted by Gasteiger charge is 2.02. The second kappa shape index (κ2) is 8.79. The molecule has 2 aromatic carbocycles. The smallest absolute Gasteiger partial charge is 0.130 e. The number of allylic oxidation sites excluding steroid dienone is 1. The molecular formula is C20H25N3O. The Morgan fingerprint density at radius 2 is 1.67 bits per heavy atom. The molecule has 0 spiro atoms. The Bertz CT molecular complexity index is 688. The van der Waals surface area contributed by atoms with E-state index in [1.54, 1.807) is 6.08 Å². The number of benzene rings is 2. The Morgan fingerprint density at radius 3 is 2.17 bits per heavy atom. The van der Waals surface area contributed by atoms with Gasteiger partial charge in [-0.2, -0.15) is 0 Å². The number of nitrogens with two attached hydrogens (primary N) is 2. The van der Waals surface area contributed by atoms with Crippen LogP contribution in [0.25, 0.3) is 11.1 Å². The fourth-order valence-electron chi connectivity index (χ4n) is 2.42. The van der Waals surface area contributed by atoms with E-state index in [2.05, 4.69) is 43.2 Å². The number of hydrazine groups is 1. The fraction of sp³-hybridized carbons (Fsp3) is 0.200. The zero-order valence-electron chi connectivity index (χ0n) is 14.1. The monoisotopic (exact) mass is 323 g/mol. The Labute approximate surface area is 143 Å². The Kier molecular flexibility index (Phi) is 6.46. The van der Waals surface area contributed by atoms with Gasteiger partial charge in [0.1, 0.15) is 12.4 Å². The highest BCUT2D eigenvalue weighted by Crippen LogP contribution is 2.23. The van der Waals surface area contributed by atoms with Gasteiger partial charge in [-0.25, -0.2) is 0 Å². The number of hydrogen-bond acceptors (Lipinski definition) is 4. The molecule has 0 unspecified atom stereocenters. The molecule has 0 aromatic heterocycles. The fourth-order valence-corrected chi connectivity index (χ4v) is 2.42. The van der Waals surface area contributed by atoms with E-state index in [0.29, 0.717) is 11.4 Å². The van der Waals surface area contributed by atoms with Gasteiger partial charge in [0, 0.05) is 0 Å². The minimum atomic E-state index is 0.247. The molecule has 4 heteroatoms. The van der Waals surface area contributed by atoms with Crippen molar-refractivity contribution in [2.24, 2.45) is 11.6 Å². The molecule has 4 nitrogen and oxygen atoms in total. The van der Waals surface area contributed by atoms with Gasteiger partial charge in [0.2, 0.25) is 0 Å². The standard InChI is InChI=1S/C20H25N3O/c1-3-5-15-6-8-16(9-7-15)17-10-12-18(13-11-17)24-14-19(21)20(4-2)23-22/h4,6-13,23H,2-3,5,14,21-22H2,1H3/b20-19-. The highest BCUT2D eigenvalue weighted by molar-refractivity contribution is 5.64. The van der Waals surface area contributed by atoms with Crippen LogP contribution in [0.2, 0.25) is 0 Å². The van der Waals surface area contributed by atoms with E-state index in [1.807, 2.05) is 24.3 Å². The summed E-state index contributed by atoms with van der Waals surface area (Å²) in [6, 6.07) is 16.6. The van der Waals surface area contributed by atoms with Gasteiger partial charge in [-0.05, 0) is 41.3 Å². The van der Waals surface area contributed by atoms with Gasteiger partial charge in [-0.15, -0.1) is 0 Å². The summed E-state index contributed by atoms with van der Waals surface area (Å²) >= 11 is 0. The van der Waals surface area contributed by atoms with Gasteiger partial charge < -0.3 is 15.9 Å². The molecule has 0 radical (unpaired) electrons. The van der Waals surface area contributed by atoms with Crippen molar-refractivity contribution < 1.29 is 4.74 Å². The number of rotatable bonds is 8. The quantitative estimate of drug-likeness (QED) is 0.395. The van der Waals surface area contributed by atoms with Gasteiger partial charge in [0.15, 0.2) is 0 Å². The highest BCUT2D eigenvalue weighted by atomic mass is 16.5. The maximum absolute atomic E-state index is 5.89. The third-order valence-corrected chi connectivity index (χ3v) is 3.78. The van der Waals surface area contributed by atoms with E-state index in [9.17, 15) is 0 Å². The number of nitrogens with one attached hydrogen (secondary N) is 1. The molecule has 0 saturated heterocycles. The molecule has 0 aliphatic rings. The van der Waals surface area contributed by atoms with Gasteiger partial charge in [0.25, 0.3) is 0 Å². The van der Waals surface area contributed by atoms with E-state index in [-0.39, 0.29) is 6.61 Å². The summed E-state index contributed by atoms with van der Waals surface area (Å²) in [5.74, 6) is 6.11. The van der Waals surface area contributed by atoms with Gasteiger partial charge in [-0.3, -0.25) is 5.84 Å². The van der Waals surface area contributed by atoms with E-state index < -0.39 is 0 Å². The van der Waals surface area contributed by atoms with Gasteiger partial charge >= 0.3 is 0 Å². The summed E-state index contributed by atoms with van der Waals surface area (Å²) in [7, 11) is 0. The minimum Gasteiger partial charge on any atom is -0.487 e. The topological polar surface area (TPSA) is 73.3 Å². The Hall–Kier alpha value is -2.72. The van der Waals surface area contributed by atoms with E-state index in [0.717, 1.165) is 24.2 Å². The molecule has 2 aromatic rings. The predicted molar refractivity (Wildman–Crippen MR) is 100 cm³/mol. The van der Waals surface area contributed by atoms with Crippen molar-refractivity contribution in [3.63, 3.8) is 0 Å². The van der Waals surface area contributed by atoms with Crippen LogP contribution in [-0.4, -0.2) is 6.61 Å². The summed E-state index contributed by atoms with van der Waals surface area (Å²) in [5, 5.41) is 0. The lowest BCUT2D eigenvalue weighted by Crippen LogP contribution is -2.25. The lowest BCUT2D eigenvalue weighted by molar-refractivity contribution is 0.348. The van der Waals surface area contributed by atoms with E-state index in [4.69, 9.17) is 16.3 Å². The normalized spacial score (nSPS) is 11.6. The maximum atomic E-state index is 5.89. The number of hydrogen-bond donors (Lipinski definition) is 3. The number of aryl methyl sites for hydroxylation is 1. The van der Waals surface area contributed by atoms with Crippen LogP contribution in [0.4, 0.5) is 0 Å². The average Bonchev–Trinajstić information content (AvgIpc) is 2.62. The Morgan fingerprint density at radius 1 is 1.08 bits per heavy atom. The van der Waals surface area contributed by atoms with Crippen LogP contribution in [-0.2, 0) is 6.42 Å². The van der Waals surface area contributed by atoms with Crippen molar-refractivity contribution in [3.05, 3.63) is 78.1 Å². The summed E-state index contributed by atoms with van der Waals surface area (Å²) in [5.41, 5.74) is 13.2. The zero-order valence-corrected chi connectivity index (χ0v) is 14.1. The molecule has 24 heavy (non-hydrogen) atoms. The summed E-state index contributed by atoms with van der Waals surface area (Å²) in [6.07, 6.45) is 3.84. The largest absolute Gasteiger partial charge is 0.487 e. The third kappa shape index (κ3) is 4.64. The van der Waals surface area contributed by atoms with Crippen LogP contribution in [0.15, 0.2) is 72.6 Å². The molecule has 0 atom stereocenters. The van der Waals surface area contributed by atoms with Crippen molar-refractivity contribution in [2.45, 2.75) is 19.8 Å². The van der Waals surface area contributed by atoms with E-state index >= 15 is 0 Å². The van der Waals surface area contributed by atoms with Crippen molar-refractivity contribution in [1.29, 1.82) is 0 Å². The first-order valence-electron chi connectivity index (χ1n) is 8.07. The molecule has 0 bridgehead atoms. The maximum Gasteiger partial charge on any atom is 0.130 e. The molecule has 0 saturated carbocycles. The van der Waals surface area contributed by atoms with Crippen molar-refractivity contribution in [1.82, 2.24) is 5.43 Å². The van der Waals surface area contributed by atoms with Crippen molar-refractivity contribution >= 4 is 0 Å². The molecule has 0 aliphatic heterocycles. The van der Waals surface area contributed by atoms with Crippen LogP contribution in [0.1, 0.15) is 18.9 Å². The summed E-state index contributed by atoms with van der Waals surface area (Å²) in [6.45, 7) is 6.07. The summed E-state index contributed by atoms with van der Waals surface area (Å²) < 4.78 is 5.67. The molecule has 126 valence electrons. The first-order chi connectivity index (χ1) is 11.7. The average molecular weight is 323 g/mol. The lowest BCUT2D eigenvalue weighted by atomic mass is 10.0. The molecule has 0 aliphatic carbocycles. The first-order valence-corrected chi connectivity index (χ1v) is 8.07. The molecule has 5 N–H and O–H groups in total.